The van der Waals surface area contributed by atoms with Crippen molar-refractivity contribution in [3.63, 3.8) is 0 Å². The molecule has 0 bridgehead atoms. The molecule has 1 aromatic heterocycles. The van der Waals surface area contributed by atoms with Gasteiger partial charge < -0.3 is 4.74 Å². The van der Waals surface area contributed by atoms with Gasteiger partial charge in [-0.25, -0.2) is 0 Å². The average molecular weight is 363 g/mol. The Kier molecular flexibility index (Phi) is 3.87. The van der Waals surface area contributed by atoms with Gasteiger partial charge >= 0.3 is 0 Å². The number of hydrogen-bond acceptors (Lipinski definition) is 2. The molecule has 3 rings (SSSR count). The number of rotatable bonds is 2. The van der Waals surface area contributed by atoms with Crippen molar-refractivity contribution in [3.05, 3.63) is 63.2 Å². The molecule has 0 aliphatic carbocycles. The molecule has 0 amide bonds. The standard InChI is InChI=1S/C17H13BrClNO/c1-10-7-13(8-11(2)17(10)18)21-16-5-6-20-15-9-12(19)3-4-14(15)16/h3-9H,1-2H3. The van der Waals surface area contributed by atoms with Gasteiger partial charge in [0.15, 0.2) is 0 Å². The summed E-state index contributed by atoms with van der Waals surface area (Å²) in [6.45, 7) is 4.10. The van der Waals surface area contributed by atoms with E-state index in [0.29, 0.717) is 5.02 Å². The van der Waals surface area contributed by atoms with Crippen molar-refractivity contribution in [2.75, 3.05) is 0 Å². The summed E-state index contributed by atoms with van der Waals surface area (Å²) in [6, 6.07) is 11.5. The molecular formula is C17H13BrClNO. The van der Waals surface area contributed by atoms with Gasteiger partial charge in [-0.2, -0.15) is 0 Å². The molecule has 0 atom stereocenters. The largest absolute Gasteiger partial charge is 0.457 e. The van der Waals surface area contributed by atoms with Crippen LogP contribution in [-0.4, -0.2) is 4.98 Å². The van der Waals surface area contributed by atoms with E-state index in [1.54, 1.807) is 6.20 Å². The van der Waals surface area contributed by atoms with Gasteiger partial charge in [0.05, 0.1) is 5.52 Å². The number of pyridine rings is 1. The highest BCUT2D eigenvalue weighted by Crippen LogP contribution is 2.33. The summed E-state index contributed by atoms with van der Waals surface area (Å²) in [5.74, 6) is 1.59. The van der Waals surface area contributed by atoms with Gasteiger partial charge in [0, 0.05) is 21.1 Å². The second-order valence-electron chi connectivity index (χ2n) is 4.94. The van der Waals surface area contributed by atoms with E-state index in [1.165, 1.54) is 0 Å². The van der Waals surface area contributed by atoms with Crippen molar-refractivity contribution in [3.8, 4) is 11.5 Å². The van der Waals surface area contributed by atoms with Gasteiger partial charge in [-0.05, 0) is 61.4 Å². The van der Waals surface area contributed by atoms with Crippen LogP contribution in [0.1, 0.15) is 11.1 Å². The average Bonchev–Trinajstić information content (AvgIpc) is 2.44. The summed E-state index contributed by atoms with van der Waals surface area (Å²) >= 11 is 9.57. The molecule has 0 N–H and O–H groups in total. The molecule has 2 aromatic carbocycles. The lowest BCUT2D eigenvalue weighted by Gasteiger charge is -2.11. The quantitative estimate of drug-likeness (QED) is 0.553. The third-order valence-electron chi connectivity index (χ3n) is 3.30. The minimum atomic E-state index is 0.669. The molecule has 0 spiro atoms. The smallest absolute Gasteiger partial charge is 0.138 e. The fourth-order valence-electron chi connectivity index (χ4n) is 2.28. The predicted octanol–water partition coefficient (Wildman–Crippen LogP) is 6.06. The second kappa shape index (κ2) is 5.66. The van der Waals surface area contributed by atoms with E-state index in [9.17, 15) is 0 Å². The number of aromatic nitrogens is 1. The molecule has 0 radical (unpaired) electrons. The molecule has 3 aromatic rings. The Morgan fingerprint density at radius 3 is 2.48 bits per heavy atom. The number of fused-ring (bicyclic) bond motifs is 1. The number of hydrogen-bond donors (Lipinski definition) is 0. The summed E-state index contributed by atoms with van der Waals surface area (Å²) in [7, 11) is 0. The number of halogens is 2. The topological polar surface area (TPSA) is 22.1 Å². The highest BCUT2D eigenvalue weighted by Gasteiger charge is 2.08. The van der Waals surface area contributed by atoms with Crippen LogP contribution in [0.2, 0.25) is 5.02 Å². The molecule has 106 valence electrons. The zero-order valence-corrected chi connectivity index (χ0v) is 14.0. The van der Waals surface area contributed by atoms with Crippen molar-refractivity contribution in [1.29, 1.82) is 0 Å². The van der Waals surface area contributed by atoms with Crippen molar-refractivity contribution in [2.24, 2.45) is 0 Å². The van der Waals surface area contributed by atoms with E-state index in [0.717, 1.165) is 38.0 Å². The third kappa shape index (κ3) is 2.89. The highest BCUT2D eigenvalue weighted by atomic mass is 79.9. The molecule has 0 fully saturated rings. The molecule has 4 heteroatoms. The number of benzene rings is 2. The lowest BCUT2D eigenvalue weighted by molar-refractivity contribution is 0.487. The van der Waals surface area contributed by atoms with Crippen LogP contribution < -0.4 is 4.74 Å². The maximum Gasteiger partial charge on any atom is 0.138 e. The summed E-state index contributed by atoms with van der Waals surface area (Å²) in [5.41, 5.74) is 3.11. The maximum absolute atomic E-state index is 6.04. The molecule has 21 heavy (non-hydrogen) atoms. The predicted molar refractivity (Wildman–Crippen MR) is 90.4 cm³/mol. The normalized spacial score (nSPS) is 10.9. The fraction of sp³-hybridized carbons (Fsp3) is 0.118. The number of ether oxygens (including phenoxy) is 1. The molecule has 0 saturated heterocycles. The van der Waals surface area contributed by atoms with E-state index in [4.69, 9.17) is 16.3 Å². The lowest BCUT2D eigenvalue weighted by Crippen LogP contribution is -1.90. The minimum absolute atomic E-state index is 0.669. The highest BCUT2D eigenvalue weighted by molar-refractivity contribution is 9.10. The zero-order chi connectivity index (χ0) is 15.0. The first kappa shape index (κ1) is 14.4. The molecule has 0 unspecified atom stereocenters. The Balaban J connectivity index is 2.06. The van der Waals surface area contributed by atoms with Gasteiger partial charge in [0.25, 0.3) is 0 Å². The Labute approximate surface area is 136 Å². The van der Waals surface area contributed by atoms with Crippen LogP contribution in [0.4, 0.5) is 0 Å². The van der Waals surface area contributed by atoms with Crippen molar-refractivity contribution in [2.45, 2.75) is 13.8 Å². The van der Waals surface area contributed by atoms with Crippen LogP contribution in [0.25, 0.3) is 10.9 Å². The Bertz CT molecular complexity index is 809. The van der Waals surface area contributed by atoms with Crippen molar-refractivity contribution < 1.29 is 4.74 Å². The van der Waals surface area contributed by atoms with Crippen LogP contribution >= 0.6 is 27.5 Å². The monoisotopic (exact) mass is 361 g/mol. The van der Waals surface area contributed by atoms with Crippen LogP contribution in [0, 0.1) is 13.8 Å². The fourth-order valence-corrected chi connectivity index (χ4v) is 2.67. The second-order valence-corrected chi connectivity index (χ2v) is 6.17. The van der Waals surface area contributed by atoms with E-state index < -0.39 is 0 Å². The first-order chi connectivity index (χ1) is 10.0. The van der Waals surface area contributed by atoms with E-state index >= 15 is 0 Å². The summed E-state index contributed by atoms with van der Waals surface area (Å²) in [6.07, 6.45) is 1.73. The number of aryl methyl sites for hydroxylation is 2. The molecule has 0 saturated carbocycles. The van der Waals surface area contributed by atoms with Gasteiger partial charge in [-0.15, -0.1) is 0 Å². The summed E-state index contributed by atoms with van der Waals surface area (Å²) in [5, 5.41) is 1.61. The van der Waals surface area contributed by atoms with Gasteiger partial charge in [0.2, 0.25) is 0 Å². The van der Waals surface area contributed by atoms with Gasteiger partial charge in [-0.3, -0.25) is 4.98 Å². The first-order valence-corrected chi connectivity index (χ1v) is 7.70. The van der Waals surface area contributed by atoms with Crippen LogP contribution in [0.5, 0.6) is 11.5 Å². The van der Waals surface area contributed by atoms with Gasteiger partial charge in [-0.1, -0.05) is 27.5 Å². The Hall–Kier alpha value is -1.58. The molecule has 0 aliphatic rings. The molecule has 1 heterocycles. The zero-order valence-electron chi connectivity index (χ0n) is 11.7. The summed E-state index contributed by atoms with van der Waals surface area (Å²) < 4.78 is 7.16. The van der Waals surface area contributed by atoms with Crippen LogP contribution in [-0.2, 0) is 0 Å². The minimum Gasteiger partial charge on any atom is -0.457 e. The first-order valence-electron chi connectivity index (χ1n) is 6.53. The van der Waals surface area contributed by atoms with Crippen LogP contribution in [0.3, 0.4) is 0 Å². The molecule has 2 nitrogen and oxygen atoms in total. The Morgan fingerprint density at radius 2 is 1.76 bits per heavy atom. The number of nitrogens with zero attached hydrogens (tertiary/aromatic N) is 1. The maximum atomic E-state index is 6.04. The Morgan fingerprint density at radius 1 is 1.05 bits per heavy atom. The van der Waals surface area contributed by atoms with Crippen LogP contribution in [0.15, 0.2) is 47.1 Å². The van der Waals surface area contributed by atoms with E-state index in [2.05, 4.69) is 20.9 Å². The van der Waals surface area contributed by atoms with E-state index in [-0.39, 0.29) is 0 Å². The molecular weight excluding hydrogens is 350 g/mol. The van der Waals surface area contributed by atoms with Crippen molar-refractivity contribution >= 4 is 38.4 Å². The summed E-state index contributed by atoms with van der Waals surface area (Å²) in [4.78, 5) is 4.32. The van der Waals surface area contributed by atoms with Gasteiger partial charge in [0.1, 0.15) is 11.5 Å². The SMILES string of the molecule is Cc1cc(Oc2ccnc3cc(Cl)ccc23)cc(C)c1Br. The third-order valence-corrected chi connectivity index (χ3v) is 4.79. The lowest BCUT2D eigenvalue weighted by atomic mass is 10.1. The van der Waals surface area contributed by atoms with Crippen molar-refractivity contribution in [1.82, 2.24) is 4.98 Å². The molecule has 0 aliphatic heterocycles. The van der Waals surface area contributed by atoms with E-state index in [1.807, 2.05) is 50.2 Å².